The zero-order valence-electron chi connectivity index (χ0n) is 11.5. The van der Waals surface area contributed by atoms with E-state index >= 15 is 0 Å². The quantitative estimate of drug-likeness (QED) is 0.571. The third-order valence-corrected chi connectivity index (χ3v) is 4.39. The highest BCUT2D eigenvalue weighted by molar-refractivity contribution is 9.10. The van der Waals surface area contributed by atoms with Crippen LogP contribution in [0.15, 0.2) is 27.8 Å². The summed E-state index contributed by atoms with van der Waals surface area (Å²) in [6.45, 7) is 2.27. The number of carbonyl (C=O) groups excluding carboxylic acids is 1. The van der Waals surface area contributed by atoms with Crippen molar-refractivity contribution in [2.24, 2.45) is 0 Å². The third kappa shape index (κ3) is 5.42. The molecule has 1 aromatic rings. The van der Waals surface area contributed by atoms with Crippen molar-refractivity contribution in [2.45, 2.75) is 43.3 Å². The van der Waals surface area contributed by atoms with Gasteiger partial charge in [0.05, 0.1) is 11.6 Å². The van der Waals surface area contributed by atoms with Crippen LogP contribution in [0.5, 0.6) is 0 Å². The second-order valence-electron chi connectivity index (χ2n) is 4.70. The van der Waals surface area contributed by atoms with Crippen LogP contribution in [0.4, 0.5) is 0 Å². The van der Waals surface area contributed by atoms with Gasteiger partial charge in [0.25, 0.3) is 0 Å². The summed E-state index contributed by atoms with van der Waals surface area (Å²) in [7, 11) is 0. The van der Waals surface area contributed by atoms with E-state index in [1.54, 1.807) is 18.0 Å². The van der Waals surface area contributed by atoms with Gasteiger partial charge in [-0.05, 0) is 54.2 Å². The van der Waals surface area contributed by atoms with Crippen LogP contribution in [-0.4, -0.2) is 35.4 Å². The fourth-order valence-corrected chi connectivity index (χ4v) is 2.86. The molecule has 0 amide bonds. The van der Waals surface area contributed by atoms with E-state index in [4.69, 9.17) is 4.74 Å². The van der Waals surface area contributed by atoms with Crippen molar-refractivity contribution in [3.05, 3.63) is 22.8 Å². The van der Waals surface area contributed by atoms with Gasteiger partial charge in [0.15, 0.2) is 0 Å². The number of ether oxygens (including phenoxy) is 1. The first-order valence-corrected chi connectivity index (χ1v) is 8.64. The topological polar surface area (TPSA) is 51.2 Å². The van der Waals surface area contributed by atoms with E-state index in [1.165, 1.54) is 0 Å². The molecule has 1 saturated carbocycles. The van der Waals surface area contributed by atoms with Gasteiger partial charge in [-0.15, -0.1) is 11.8 Å². The van der Waals surface area contributed by atoms with E-state index in [-0.39, 0.29) is 12.0 Å². The number of pyridine rings is 1. The summed E-state index contributed by atoms with van der Waals surface area (Å²) in [6.07, 6.45) is 4.87. The van der Waals surface area contributed by atoms with Gasteiger partial charge in [-0.1, -0.05) is 0 Å². The normalized spacial score (nSPS) is 15.9. The Morgan fingerprint density at radius 1 is 1.60 bits per heavy atom. The van der Waals surface area contributed by atoms with Crippen LogP contribution in [0.1, 0.15) is 26.2 Å². The number of nitrogens with one attached hydrogen (secondary N) is 1. The number of thioether (sulfide) groups is 1. The number of esters is 1. The number of hydrogen-bond donors (Lipinski definition) is 1. The van der Waals surface area contributed by atoms with Gasteiger partial charge in [-0.25, -0.2) is 4.98 Å². The van der Waals surface area contributed by atoms with Gasteiger partial charge >= 0.3 is 5.97 Å². The molecule has 0 aromatic carbocycles. The second-order valence-corrected chi connectivity index (χ2v) is 6.73. The summed E-state index contributed by atoms with van der Waals surface area (Å²) >= 11 is 5.02. The van der Waals surface area contributed by atoms with Crippen molar-refractivity contribution in [1.82, 2.24) is 10.3 Å². The minimum absolute atomic E-state index is 0.135. The predicted octanol–water partition coefficient (Wildman–Crippen LogP) is 3.01. The van der Waals surface area contributed by atoms with Gasteiger partial charge in [-0.3, -0.25) is 4.79 Å². The first-order chi connectivity index (χ1) is 9.69. The second kappa shape index (κ2) is 8.00. The summed E-state index contributed by atoms with van der Waals surface area (Å²) < 4.78 is 6.09. The van der Waals surface area contributed by atoms with Crippen molar-refractivity contribution in [3.8, 4) is 0 Å². The molecule has 0 radical (unpaired) electrons. The maximum atomic E-state index is 11.9. The lowest BCUT2D eigenvalue weighted by Gasteiger charge is -2.16. The molecule has 1 atom stereocenters. The number of carbonyl (C=O) groups is 1. The highest BCUT2D eigenvalue weighted by atomic mass is 79.9. The summed E-state index contributed by atoms with van der Waals surface area (Å²) in [4.78, 5) is 16.2. The van der Waals surface area contributed by atoms with E-state index in [1.807, 2.05) is 19.1 Å². The molecule has 1 N–H and O–H groups in total. The maximum Gasteiger partial charge on any atom is 0.323 e. The van der Waals surface area contributed by atoms with E-state index in [9.17, 15) is 4.79 Å². The summed E-state index contributed by atoms with van der Waals surface area (Å²) in [6, 6.07) is 4.26. The van der Waals surface area contributed by atoms with Gasteiger partial charge in [0.1, 0.15) is 6.04 Å². The van der Waals surface area contributed by atoms with Crippen molar-refractivity contribution in [3.63, 3.8) is 0 Å². The largest absolute Gasteiger partial charge is 0.465 e. The summed E-state index contributed by atoms with van der Waals surface area (Å²) in [5.41, 5.74) is 0. The molecule has 20 heavy (non-hydrogen) atoms. The number of hydrogen-bond acceptors (Lipinski definition) is 5. The average molecular weight is 359 g/mol. The minimum atomic E-state index is -0.189. The van der Waals surface area contributed by atoms with E-state index in [0.717, 1.165) is 34.5 Å². The van der Waals surface area contributed by atoms with E-state index < -0.39 is 0 Å². The molecule has 110 valence electrons. The molecule has 0 bridgehead atoms. The molecule has 1 fully saturated rings. The first kappa shape index (κ1) is 15.8. The molecule has 1 unspecified atom stereocenters. The Kier molecular flexibility index (Phi) is 6.32. The fraction of sp³-hybridized carbons (Fsp3) is 0.571. The van der Waals surface area contributed by atoms with Gasteiger partial charge in [-0.2, -0.15) is 0 Å². The van der Waals surface area contributed by atoms with Crippen LogP contribution in [0.25, 0.3) is 0 Å². The smallest absolute Gasteiger partial charge is 0.323 e. The Morgan fingerprint density at radius 3 is 3.00 bits per heavy atom. The zero-order chi connectivity index (χ0) is 14.4. The Bertz CT molecular complexity index is 437. The lowest BCUT2D eigenvalue weighted by Crippen LogP contribution is -2.39. The van der Waals surface area contributed by atoms with E-state index in [2.05, 4.69) is 26.2 Å². The molecular weight excluding hydrogens is 340 g/mol. The molecule has 0 saturated heterocycles. The standard InChI is InChI=1S/C14H19BrN2O2S/c1-2-19-14(18)12(17-11-4-5-11)7-8-20-13-6-3-10(15)9-16-13/h3,6,9,11-12,17H,2,4-5,7-8H2,1H3. The van der Waals surface area contributed by atoms with Crippen molar-refractivity contribution in [2.75, 3.05) is 12.4 Å². The Labute approximate surface area is 132 Å². The van der Waals surface area contributed by atoms with Crippen molar-refractivity contribution < 1.29 is 9.53 Å². The number of rotatable bonds is 8. The van der Waals surface area contributed by atoms with Crippen LogP contribution < -0.4 is 5.32 Å². The van der Waals surface area contributed by atoms with Crippen molar-refractivity contribution in [1.29, 1.82) is 0 Å². The molecule has 1 heterocycles. The molecular formula is C14H19BrN2O2S. The van der Waals surface area contributed by atoms with Gasteiger partial charge < -0.3 is 10.1 Å². The Balaban J connectivity index is 1.78. The summed E-state index contributed by atoms with van der Waals surface area (Å²) in [5.74, 6) is 0.710. The molecule has 1 aromatic heterocycles. The number of nitrogens with zero attached hydrogens (tertiary/aromatic N) is 1. The fourth-order valence-electron chi connectivity index (χ4n) is 1.78. The van der Waals surface area contributed by atoms with Crippen LogP contribution in [0, 0.1) is 0 Å². The van der Waals surface area contributed by atoms with Gasteiger partial charge in [0.2, 0.25) is 0 Å². The Hall–Kier alpha value is -0.590. The van der Waals surface area contributed by atoms with E-state index in [0.29, 0.717) is 12.6 Å². The molecule has 1 aliphatic carbocycles. The number of halogens is 1. The molecule has 6 heteroatoms. The zero-order valence-corrected chi connectivity index (χ0v) is 13.9. The Morgan fingerprint density at radius 2 is 2.40 bits per heavy atom. The average Bonchev–Trinajstić information content (AvgIpc) is 3.24. The highest BCUT2D eigenvalue weighted by Crippen LogP contribution is 2.22. The van der Waals surface area contributed by atoms with Crippen LogP contribution >= 0.6 is 27.7 Å². The maximum absolute atomic E-state index is 11.9. The minimum Gasteiger partial charge on any atom is -0.465 e. The lowest BCUT2D eigenvalue weighted by atomic mass is 10.2. The van der Waals surface area contributed by atoms with Crippen LogP contribution in [0.3, 0.4) is 0 Å². The molecule has 4 nitrogen and oxygen atoms in total. The monoisotopic (exact) mass is 358 g/mol. The lowest BCUT2D eigenvalue weighted by molar-refractivity contribution is -0.145. The summed E-state index contributed by atoms with van der Waals surface area (Å²) in [5, 5.41) is 4.33. The molecule has 0 spiro atoms. The van der Waals surface area contributed by atoms with Crippen LogP contribution in [-0.2, 0) is 9.53 Å². The molecule has 2 rings (SSSR count). The van der Waals surface area contributed by atoms with Crippen LogP contribution in [0.2, 0.25) is 0 Å². The third-order valence-electron chi connectivity index (χ3n) is 2.94. The number of aromatic nitrogens is 1. The highest BCUT2D eigenvalue weighted by Gasteiger charge is 2.28. The molecule has 1 aliphatic rings. The van der Waals surface area contributed by atoms with Gasteiger partial charge in [0, 0.05) is 22.5 Å². The van der Waals surface area contributed by atoms with Crippen molar-refractivity contribution >= 4 is 33.7 Å². The first-order valence-electron chi connectivity index (χ1n) is 6.86. The molecule has 0 aliphatic heterocycles. The SMILES string of the molecule is CCOC(=O)C(CCSc1ccc(Br)cn1)NC1CC1. The predicted molar refractivity (Wildman–Crippen MR) is 83.9 cm³/mol.